The molecule has 0 N–H and O–H groups in total. The van der Waals surface area contributed by atoms with Crippen LogP contribution in [0.4, 0.5) is 28.4 Å². The fourth-order valence-corrected chi connectivity index (χ4v) is 7.29. The molecule has 2 saturated carbocycles. The summed E-state index contributed by atoms with van der Waals surface area (Å²) in [5.74, 6) is 0.651. The number of methoxy groups -OCH3 is 1. The van der Waals surface area contributed by atoms with Gasteiger partial charge in [0.05, 0.1) is 13.2 Å². The lowest BCUT2D eigenvalue weighted by Crippen LogP contribution is -2.72. The van der Waals surface area contributed by atoms with Crippen molar-refractivity contribution in [2.24, 2.45) is 23.2 Å². The number of hydrogen-bond donors (Lipinski definition) is 0. The van der Waals surface area contributed by atoms with E-state index < -0.39 is 41.2 Å². The Balaban J connectivity index is 1.62. The average molecular weight is 536 g/mol. The predicted molar refractivity (Wildman–Crippen MR) is 137 cm³/mol. The molecule has 5 aliphatic rings. The Hall–Kier alpha value is -2.55. The largest absolute Gasteiger partial charge is 0.576 e. The number of rotatable bonds is 5. The number of amides is 2. The molecule has 6 rings (SSSR count). The second kappa shape index (κ2) is 9.28. The van der Waals surface area contributed by atoms with Crippen LogP contribution in [-0.2, 0) is 9.47 Å². The Morgan fingerprint density at radius 2 is 1.84 bits per heavy atom. The minimum absolute atomic E-state index is 0.00650. The maximum Gasteiger partial charge on any atom is 0.576 e. The minimum atomic E-state index is -4.92. The lowest BCUT2D eigenvalue weighted by atomic mass is 9.49. The Morgan fingerprint density at radius 1 is 1.16 bits per heavy atom. The van der Waals surface area contributed by atoms with E-state index in [0.717, 1.165) is 18.4 Å². The van der Waals surface area contributed by atoms with Crippen LogP contribution in [-0.4, -0.2) is 49.2 Å². The van der Waals surface area contributed by atoms with Crippen molar-refractivity contribution in [2.75, 3.05) is 13.7 Å². The number of nitrogens with zero attached hydrogens (tertiary/aromatic N) is 2. The maximum atomic E-state index is 15.2. The first-order chi connectivity index (χ1) is 17.8. The lowest BCUT2D eigenvalue weighted by molar-refractivity contribution is -0.242. The summed E-state index contributed by atoms with van der Waals surface area (Å²) in [6.07, 6.45) is -2.11. The van der Waals surface area contributed by atoms with Gasteiger partial charge in [0.2, 0.25) is 0 Å². The molecule has 1 aliphatic heterocycles. The van der Waals surface area contributed by atoms with Gasteiger partial charge in [-0.2, -0.15) is 4.79 Å². The van der Waals surface area contributed by atoms with Crippen molar-refractivity contribution in [3.05, 3.63) is 41.5 Å². The summed E-state index contributed by atoms with van der Waals surface area (Å²) in [7, 11) is 1.30. The molecule has 2 bridgehead atoms. The van der Waals surface area contributed by atoms with E-state index in [1.54, 1.807) is 30.9 Å². The molecule has 3 unspecified atom stereocenters. The molecule has 0 saturated heterocycles. The van der Waals surface area contributed by atoms with Crippen LogP contribution in [0.25, 0.3) is 0 Å². The maximum absolute atomic E-state index is 15.2. The molecule has 0 aromatic heterocycles. The molecule has 1 heterocycles. The summed E-state index contributed by atoms with van der Waals surface area (Å²) >= 11 is 0. The molecule has 38 heavy (non-hydrogen) atoms. The van der Waals surface area contributed by atoms with Gasteiger partial charge in [0.25, 0.3) is 0 Å². The fraction of sp³-hybridized carbons (Fsp3) is 0.655. The second-order valence-electron chi connectivity index (χ2n) is 12.3. The predicted octanol–water partition coefficient (Wildman–Crippen LogP) is 7.34. The first-order valence-electron chi connectivity index (χ1n) is 13.6. The van der Waals surface area contributed by atoms with Crippen molar-refractivity contribution in [3.8, 4) is 0 Å². The van der Waals surface area contributed by atoms with Gasteiger partial charge in [0.15, 0.2) is 5.69 Å². The van der Waals surface area contributed by atoms with Crippen molar-refractivity contribution in [1.29, 1.82) is 0 Å². The molecule has 2 amide bonds. The molecule has 5 atom stereocenters. The first-order valence-corrected chi connectivity index (χ1v) is 13.6. The summed E-state index contributed by atoms with van der Waals surface area (Å²) in [6.45, 7) is 7.90. The normalized spacial score (nSPS) is 31.6. The first kappa shape index (κ1) is 27.0. The molecule has 208 valence electrons. The number of quaternary nitrogens is 1. The minimum Gasteiger partial charge on any atom is -0.453 e. The molecule has 6 nitrogen and oxygen atoms in total. The average Bonchev–Trinajstić information content (AvgIpc) is 3.70. The van der Waals surface area contributed by atoms with E-state index in [4.69, 9.17) is 9.47 Å². The monoisotopic (exact) mass is 535 g/mol. The standard InChI is InChI=1S/C29H38F3N2O4/c1-17(2)38-27(36)34(29(30,31)32)24-9-7-6-8-21(24)23(15-25(34)18-10-11-18)33(26(35)37-5)16-19-12-13-20-14-22(19)28(20,3)4/h6-9,12,17-18,20,22-23,25H,10-11,13-16H2,1-5H3/q+1/t20-,22-,23?,25?,34?/m0/s1. The van der Waals surface area contributed by atoms with E-state index in [2.05, 4.69) is 19.9 Å². The number of carbonyl (C=O) groups excluding carboxylic acids is 2. The van der Waals surface area contributed by atoms with Crippen molar-refractivity contribution in [2.45, 2.75) is 84.3 Å². The summed E-state index contributed by atoms with van der Waals surface area (Å²) in [5.41, 5.74) is 1.43. The van der Waals surface area contributed by atoms with Gasteiger partial charge < -0.3 is 9.47 Å². The Kier molecular flexibility index (Phi) is 6.60. The van der Waals surface area contributed by atoms with Crippen LogP contribution in [0.15, 0.2) is 35.9 Å². The molecule has 0 spiro atoms. The van der Waals surface area contributed by atoms with E-state index in [1.807, 2.05) is 0 Å². The van der Waals surface area contributed by atoms with Crippen LogP contribution in [0.1, 0.15) is 71.4 Å². The number of allylic oxidation sites excluding steroid dienone is 1. The zero-order chi connectivity index (χ0) is 27.6. The quantitative estimate of drug-likeness (QED) is 0.225. The molecule has 9 heteroatoms. The van der Waals surface area contributed by atoms with Crippen molar-refractivity contribution in [1.82, 2.24) is 9.38 Å². The highest BCUT2D eigenvalue weighted by molar-refractivity contribution is 5.86. The van der Waals surface area contributed by atoms with E-state index in [-0.39, 0.29) is 23.4 Å². The van der Waals surface area contributed by atoms with Crippen LogP contribution in [0.2, 0.25) is 0 Å². The number of alkyl halides is 3. The summed E-state index contributed by atoms with van der Waals surface area (Å²) in [4.78, 5) is 28.4. The topological polar surface area (TPSA) is 55.8 Å². The van der Waals surface area contributed by atoms with Gasteiger partial charge >= 0.3 is 18.5 Å². The molecular formula is C29H38F3N2O4+. The number of benzene rings is 1. The lowest BCUT2D eigenvalue weighted by Gasteiger charge is -2.57. The van der Waals surface area contributed by atoms with E-state index in [9.17, 15) is 9.59 Å². The van der Waals surface area contributed by atoms with Gasteiger partial charge in [0.1, 0.15) is 12.1 Å². The Bertz CT molecular complexity index is 1140. The third-order valence-corrected chi connectivity index (χ3v) is 9.55. The zero-order valence-electron chi connectivity index (χ0n) is 22.8. The van der Waals surface area contributed by atoms with Gasteiger partial charge in [-0.15, -0.1) is 13.2 Å². The number of carbonyl (C=O) groups is 2. The van der Waals surface area contributed by atoms with Gasteiger partial charge in [-0.1, -0.05) is 48.2 Å². The number of fused-ring (bicyclic) bond motifs is 2. The summed E-state index contributed by atoms with van der Waals surface area (Å²) in [6, 6.07) is 4.41. The highest BCUT2D eigenvalue weighted by Crippen LogP contribution is 2.60. The summed E-state index contributed by atoms with van der Waals surface area (Å²) < 4.78 is 54.4. The third-order valence-electron chi connectivity index (χ3n) is 9.55. The van der Waals surface area contributed by atoms with Crippen LogP contribution in [0, 0.1) is 23.2 Å². The fourth-order valence-electron chi connectivity index (χ4n) is 7.29. The highest BCUT2D eigenvalue weighted by atomic mass is 19.4. The number of ether oxygens (including phenoxy) is 2. The SMILES string of the molecule is COC(=O)N(CC1=CC[C@H]2C[C@@H]1C2(C)C)C1CC(C2CC2)[N+](C(=O)OC(C)C)(C(F)(F)F)c2ccccc21. The van der Waals surface area contributed by atoms with Crippen LogP contribution in [0.3, 0.4) is 0 Å². The molecule has 1 aromatic rings. The number of para-hydroxylation sites is 1. The van der Waals surface area contributed by atoms with E-state index >= 15 is 13.2 Å². The van der Waals surface area contributed by atoms with Gasteiger partial charge in [-0.25, -0.2) is 4.79 Å². The molecular weight excluding hydrogens is 497 g/mol. The van der Waals surface area contributed by atoms with Crippen LogP contribution >= 0.6 is 0 Å². The third kappa shape index (κ3) is 4.03. The molecule has 2 fully saturated rings. The van der Waals surface area contributed by atoms with Gasteiger partial charge in [-0.3, -0.25) is 4.90 Å². The van der Waals surface area contributed by atoms with Gasteiger partial charge in [0, 0.05) is 30.5 Å². The molecule has 4 aliphatic carbocycles. The van der Waals surface area contributed by atoms with Gasteiger partial charge in [-0.05, 0) is 56.8 Å². The number of hydrogen-bond acceptors (Lipinski definition) is 4. The van der Waals surface area contributed by atoms with E-state index in [0.29, 0.717) is 36.8 Å². The molecule has 0 radical (unpaired) electrons. The van der Waals surface area contributed by atoms with E-state index in [1.165, 1.54) is 19.2 Å². The van der Waals surface area contributed by atoms with Crippen molar-refractivity contribution in [3.63, 3.8) is 0 Å². The van der Waals surface area contributed by atoms with Crippen molar-refractivity contribution >= 4 is 17.9 Å². The Morgan fingerprint density at radius 3 is 2.39 bits per heavy atom. The second-order valence-corrected chi connectivity index (χ2v) is 12.3. The number of halogens is 3. The smallest absolute Gasteiger partial charge is 0.453 e. The van der Waals surface area contributed by atoms with Crippen LogP contribution < -0.4 is 4.48 Å². The molecule has 1 aromatic carbocycles. The van der Waals surface area contributed by atoms with Crippen molar-refractivity contribution < 1.29 is 32.2 Å². The zero-order valence-corrected chi connectivity index (χ0v) is 22.8. The van der Waals surface area contributed by atoms with Crippen LogP contribution in [0.5, 0.6) is 0 Å². The Labute approximate surface area is 222 Å². The summed E-state index contributed by atoms with van der Waals surface area (Å²) in [5, 5.41) is 0. The highest BCUT2D eigenvalue weighted by Gasteiger charge is 2.73.